The molecule has 0 saturated carbocycles. The van der Waals surface area contributed by atoms with Crippen molar-refractivity contribution >= 4 is 32.9 Å². The van der Waals surface area contributed by atoms with E-state index in [0.717, 1.165) is 38.7 Å². The highest BCUT2D eigenvalue weighted by Crippen LogP contribution is 2.29. The number of imidazole rings is 1. The van der Waals surface area contributed by atoms with E-state index in [9.17, 15) is 0 Å². The minimum atomic E-state index is 0.894. The van der Waals surface area contributed by atoms with Gasteiger partial charge in [0.15, 0.2) is 5.65 Å². The summed E-state index contributed by atoms with van der Waals surface area (Å²) in [6, 6.07) is 8.14. The molecule has 19 heavy (non-hydrogen) atoms. The first-order valence-electron chi connectivity index (χ1n) is 6.02. The summed E-state index contributed by atoms with van der Waals surface area (Å²) < 4.78 is 2.97. The Labute approximate surface area is 123 Å². The summed E-state index contributed by atoms with van der Waals surface area (Å²) >= 11 is 5.16. The Bertz CT molecular complexity index is 704. The summed E-state index contributed by atoms with van der Waals surface area (Å²) in [6.07, 6.45) is 2.92. The predicted octanol–water partition coefficient (Wildman–Crippen LogP) is 2.98. The molecule has 0 amide bonds. The summed E-state index contributed by atoms with van der Waals surface area (Å²) in [7, 11) is 1.95. The maximum atomic E-state index is 4.61. The molecule has 1 N–H and O–H groups in total. The second-order valence-electron chi connectivity index (χ2n) is 4.21. The molecular weight excluding hydrogens is 324 g/mol. The zero-order chi connectivity index (χ0) is 13.2. The molecule has 0 fully saturated rings. The lowest BCUT2D eigenvalue weighted by Gasteiger charge is -1.97. The van der Waals surface area contributed by atoms with Gasteiger partial charge < -0.3 is 5.32 Å². The molecule has 0 radical (unpaired) electrons. The van der Waals surface area contributed by atoms with Crippen LogP contribution in [-0.2, 0) is 6.42 Å². The normalized spacial score (nSPS) is 11.3. The first kappa shape index (κ1) is 12.8. The van der Waals surface area contributed by atoms with Gasteiger partial charge in [0, 0.05) is 13.0 Å². The molecule has 6 heteroatoms. The van der Waals surface area contributed by atoms with E-state index >= 15 is 0 Å². The van der Waals surface area contributed by atoms with E-state index in [1.54, 1.807) is 11.3 Å². The van der Waals surface area contributed by atoms with Crippen LogP contribution in [0.2, 0.25) is 0 Å². The van der Waals surface area contributed by atoms with Crippen LogP contribution in [0, 0.1) is 0 Å². The first-order chi connectivity index (χ1) is 9.26. The molecular formula is C13H13BrN4S. The summed E-state index contributed by atoms with van der Waals surface area (Å²) in [6.45, 7) is 0.925. The van der Waals surface area contributed by atoms with Crippen LogP contribution >= 0.6 is 27.3 Å². The van der Waals surface area contributed by atoms with Crippen LogP contribution in [0.4, 0.5) is 0 Å². The predicted molar refractivity (Wildman–Crippen MR) is 81.6 cm³/mol. The Hall–Kier alpha value is -1.24. The van der Waals surface area contributed by atoms with Gasteiger partial charge >= 0.3 is 0 Å². The molecule has 4 nitrogen and oxygen atoms in total. The molecule has 3 heterocycles. The van der Waals surface area contributed by atoms with Crippen molar-refractivity contribution in [1.29, 1.82) is 0 Å². The molecule has 0 bridgehead atoms. The smallest absolute Gasteiger partial charge is 0.153 e. The van der Waals surface area contributed by atoms with Crippen molar-refractivity contribution in [2.24, 2.45) is 0 Å². The van der Waals surface area contributed by atoms with Crippen LogP contribution in [0.15, 0.2) is 34.2 Å². The highest BCUT2D eigenvalue weighted by molar-refractivity contribution is 9.11. The van der Waals surface area contributed by atoms with Crippen molar-refractivity contribution in [3.8, 4) is 10.6 Å². The number of nitrogens with zero attached hydrogens (tertiary/aromatic N) is 3. The van der Waals surface area contributed by atoms with Crippen molar-refractivity contribution in [1.82, 2.24) is 19.9 Å². The Morgan fingerprint density at radius 2 is 2.21 bits per heavy atom. The van der Waals surface area contributed by atoms with Crippen LogP contribution in [-0.4, -0.2) is 28.2 Å². The molecule has 0 aromatic carbocycles. The lowest BCUT2D eigenvalue weighted by molar-refractivity contribution is 0.779. The number of nitrogens with one attached hydrogen (secondary N) is 1. The topological polar surface area (TPSA) is 42.2 Å². The van der Waals surface area contributed by atoms with Gasteiger partial charge in [-0.1, -0.05) is 0 Å². The Kier molecular flexibility index (Phi) is 3.63. The molecule has 0 spiro atoms. The second-order valence-corrected chi connectivity index (χ2v) is 6.67. The van der Waals surface area contributed by atoms with Crippen LogP contribution in [0.1, 0.15) is 5.69 Å². The molecule has 3 aromatic heterocycles. The molecule has 98 valence electrons. The van der Waals surface area contributed by atoms with Crippen LogP contribution in [0.3, 0.4) is 0 Å². The summed E-state index contributed by atoms with van der Waals surface area (Å²) in [5.41, 5.74) is 2.93. The van der Waals surface area contributed by atoms with E-state index in [0.29, 0.717) is 0 Å². The van der Waals surface area contributed by atoms with E-state index in [1.165, 1.54) is 0 Å². The summed E-state index contributed by atoms with van der Waals surface area (Å²) in [4.78, 5) is 5.70. The van der Waals surface area contributed by atoms with Crippen molar-refractivity contribution in [3.63, 3.8) is 0 Å². The zero-order valence-corrected chi connectivity index (χ0v) is 12.8. The number of likely N-dealkylation sites (N-methyl/N-ethyl adjacent to an activating group) is 1. The van der Waals surface area contributed by atoms with E-state index in [2.05, 4.69) is 37.4 Å². The standard InChI is InChI=1S/C13H13BrN4S/c1-15-7-6-9-8-18-13(16-9)5-2-10(17-18)11-3-4-12(14)19-11/h2-5,8,15H,6-7H2,1H3. The third kappa shape index (κ3) is 2.70. The van der Waals surface area contributed by atoms with E-state index in [4.69, 9.17) is 0 Å². The van der Waals surface area contributed by atoms with E-state index < -0.39 is 0 Å². The Balaban J connectivity index is 1.96. The van der Waals surface area contributed by atoms with Gasteiger partial charge in [0.1, 0.15) is 5.69 Å². The molecule has 0 aliphatic rings. The molecule has 0 atom stereocenters. The van der Waals surface area contributed by atoms with Crippen molar-refractivity contribution < 1.29 is 0 Å². The van der Waals surface area contributed by atoms with Crippen LogP contribution in [0.25, 0.3) is 16.2 Å². The van der Waals surface area contributed by atoms with Gasteiger partial charge in [-0.25, -0.2) is 9.50 Å². The summed E-state index contributed by atoms with van der Waals surface area (Å²) in [5.74, 6) is 0. The highest BCUT2D eigenvalue weighted by Gasteiger charge is 2.06. The average molecular weight is 337 g/mol. The van der Waals surface area contributed by atoms with Crippen molar-refractivity contribution in [2.75, 3.05) is 13.6 Å². The van der Waals surface area contributed by atoms with Gasteiger partial charge in [-0.2, -0.15) is 5.10 Å². The molecule has 0 aliphatic carbocycles. The molecule has 3 aromatic rings. The monoisotopic (exact) mass is 336 g/mol. The number of aromatic nitrogens is 3. The van der Waals surface area contributed by atoms with Gasteiger partial charge in [0.2, 0.25) is 0 Å². The fourth-order valence-corrected chi connectivity index (χ4v) is 3.24. The average Bonchev–Trinajstić information content (AvgIpc) is 3.01. The van der Waals surface area contributed by atoms with Gasteiger partial charge in [0.25, 0.3) is 0 Å². The second kappa shape index (κ2) is 5.40. The third-order valence-electron chi connectivity index (χ3n) is 2.83. The van der Waals surface area contributed by atoms with Gasteiger partial charge in [-0.15, -0.1) is 11.3 Å². The van der Waals surface area contributed by atoms with Crippen molar-refractivity contribution in [3.05, 3.63) is 39.9 Å². The minimum absolute atomic E-state index is 0.894. The Morgan fingerprint density at radius 3 is 2.95 bits per heavy atom. The third-order valence-corrected chi connectivity index (χ3v) is 4.47. The molecule has 0 unspecified atom stereocenters. The molecule has 0 saturated heterocycles. The van der Waals surface area contributed by atoms with Crippen molar-refractivity contribution in [2.45, 2.75) is 6.42 Å². The van der Waals surface area contributed by atoms with Crippen LogP contribution < -0.4 is 5.32 Å². The zero-order valence-electron chi connectivity index (χ0n) is 10.4. The number of fused-ring (bicyclic) bond motifs is 1. The van der Waals surface area contributed by atoms with Gasteiger partial charge in [-0.05, 0) is 47.2 Å². The largest absolute Gasteiger partial charge is 0.319 e. The Morgan fingerprint density at radius 1 is 1.32 bits per heavy atom. The fourth-order valence-electron chi connectivity index (χ4n) is 1.89. The first-order valence-corrected chi connectivity index (χ1v) is 7.63. The van der Waals surface area contributed by atoms with E-state index in [1.807, 2.05) is 36.0 Å². The molecule has 3 rings (SSSR count). The lowest BCUT2D eigenvalue weighted by Crippen LogP contribution is -2.10. The van der Waals surface area contributed by atoms with Gasteiger partial charge in [0.05, 0.1) is 20.6 Å². The number of rotatable bonds is 4. The fraction of sp³-hybridized carbons (Fsp3) is 0.231. The minimum Gasteiger partial charge on any atom is -0.319 e. The quantitative estimate of drug-likeness (QED) is 0.796. The number of thiophene rings is 1. The van der Waals surface area contributed by atoms with Crippen LogP contribution in [0.5, 0.6) is 0 Å². The number of hydrogen-bond acceptors (Lipinski definition) is 4. The maximum absolute atomic E-state index is 4.61. The maximum Gasteiger partial charge on any atom is 0.153 e. The number of halogens is 1. The van der Waals surface area contributed by atoms with Gasteiger partial charge in [-0.3, -0.25) is 0 Å². The molecule has 0 aliphatic heterocycles. The lowest BCUT2D eigenvalue weighted by atomic mass is 10.3. The number of hydrogen-bond donors (Lipinski definition) is 1. The SMILES string of the molecule is CNCCc1cn2nc(-c3ccc(Br)s3)ccc2n1. The highest BCUT2D eigenvalue weighted by atomic mass is 79.9. The van der Waals surface area contributed by atoms with E-state index in [-0.39, 0.29) is 0 Å². The summed E-state index contributed by atoms with van der Waals surface area (Å²) in [5, 5.41) is 7.74.